The second kappa shape index (κ2) is 7.81. The van der Waals surface area contributed by atoms with Crippen LogP contribution in [0.5, 0.6) is 5.75 Å². The summed E-state index contributed by atoms with van der Waals surface area (Å²) in [5.74, 6) is -0.0282. The van der Waals surface area contributed by atoms with Gasteiger partial charge < -0.3 is 19.6 Å². The molecule has 2 N–H and O–H groups in total. The first-order valence-electron chi connectivity index (χ1n) is 8.73. The number of nitrogens with one attached hydrogen (secondary N) is 1. The first-order valence-corrected chi connectivity index (χ1v) is 9.67. The summed E-state index contributed by atoms with van der Waals surface area (Å²) in [6.07, 6.45) is 1.00. The average Bonchev–Trinajstić information content (AvgIpc) is 3.44. The molecule has 3 heterocycles. The Morgan fingerprint density at radius 2 is 2.18 bits per heavy atom. The van der Waals surface area contributed by atoms with Crippen molar-refractivity contribution in [2.75, 3.05) is 6.61 Å². The Morgan fingerprint density at radius 1 is 1.29 bits per heavy atom. The number of carbonyl (C=O) groups excluding carboxylic acids is 1. The minimum absolute atomic E-state index is 0.0447. The fourth-order valence-electron chi connectivity index (χ4n) is 2.98. The van der Waals surface area contributed by atoms with E-state index in [1.165, 1.54) is 11.3 Å². The summed E-state index contributed by atoms with van der Waals surface area (Å²) in [5, 5.41) is 23.8. The minimum Gasteiger partial charge on any atom is -0.493 e. The van der Waals surface area contributed by atoms with Crippen molar-refractivity contribution in [3.05, 3.63) is 52.0 Å². The number of ether oxygens (including phenoxy) is 1. The number of aromatic nitrogens is 2. The van der Waals surface area contributed by atoms with Crippen LogP contribution >= 0.6 is 11.3 Å². The molecule has 1 unspecified atom stereocenters. The monoisotopic (exact) mass is 399 g/mol. The van der Waals surface area contributed by atoms with Crippen LogP contribution in [-0.4, -0.2) is 33.8 Å². The van der Waals surface area contributed by atoms with Gasteiger partial charge in [0.05, 0.1) is 6.61 Å². The van der Waals surface area contributed by atoms with Crippen molar-refractivity contribution in [2.45, 2.75) is 25.3 Å². The predicted octanol–water partition coefficient (Wildman–Crippen LogP) is 2.61. The van der Waals surface area contributed by atoms with E-state index in [1.807, 2.05) is 16.8 Å². The van der Waals surface area contributed by atoms with Crippen LogP contribution in [0.25, 0.3) is 11.5 Å². The van der Waals surface area contributed by atoms with Crippen molar-refractivity contribution in [3.63, 3.8) is 0 Å². The number of thiophene rings is 1. The molecule has 0 radical (unpaired) electrons. The van der Waals surface area contributed by atoms with Gasteiger partial charge in [-0.3, -0.25) is 4.79 Å². The Balaban J connectivity index is 1.38. The molecular weight excluding hydrogens is 382 g/mol. The largest absolute Gasteiger partial charge is 0.493 e. The van der Waals surface area contributed by atoms with Crippen molar-refractivity contribution >= 4 is 23.2 Å². The number of nitrogens with zero attached hydrogens (tertiary/aromatic N) is 2. The quantitative estimate of drug-likeness (QED) is 0.627. The van der Waals surface area contributed by atoms with Crippen molar-refractivity contribution in [1.29, 1.82) is 0 Å². The second-order valence-electron chi connectivity index (χ2n) is 6.32. The molecule has 1 aliphatic rings. The molecule has 0 saturated heterocycles. The van der Waals surface area contributed by atoms with Crippen LogP contribution in [0, 0.1) is 0 Å². The predicted molar refractivity (Wildman–Crippen MR) is 100 cm³/mol. The SMILES string of the molecule is O=C(CCc1nnc(-c2ccsc2)o1)NC(C(=O)O)c1ccc2c(c1)CCO2. The highest BCUT2D eigenvalue weighted by Crippen LogP contribution is 2.28. The molecule has 8 nitrogen and oxygen atoms in total. The first-order chi connectivity index (χ1) is 13.6. The number of aryl methyl sites for hydroxylation is 1. The van der Waals surface area contributed by atoms with E-state index in [0.29, 0.717) is 24.0 Å². The van der Waals surface area contributed by atoms with E-state index >= 15 is 0 Å². The van der Waals surface area contributed by atoms with Crippen LogP contribution in [0.3, 0.4) is 0 Å². The summed E-state index contributed by atoms with van der Waals surface area (Å²) in [6.45, 7) is 0.584. The fourth-order valence-corrected chi connectivity index (χ4v) is 3.61. The molecule has 1 aliphatic heterocycles. The summed E-state index contributed by atoms with van der Waals surface area (Å²) in [7, 11) is 0. The Morgan fingerprint density at radius 3 is 2.96 bits per heavy atom. The smallest absolute Gasteiger partial charge is 0.330 e. The molecule has 0 saturated carbocycles. The summed E-state index contributed by atoms with van der Waals surface area (Å²) < 4.78 is 11.0. The van der Waals surface area contributed by atoms with Gasteiger partial charge in [-0.25, -0.2) is 4.79 Å². The van der Waals surface area contributed by atoms with E-state index < -0.39 is 17.9 Å². The number of aliphatic carboxylic acids is 1. The molecule has 0 aliphatic carbocycles. The molecule has 9 heteroatoms. The third-order valence-corrected chi connectivity index (χ3v) is 5.08. The van der Waals surface area contributed by atoms with E-state index in [-0.39, 0.29) is 12.8 Å². The van der Waals surface area contributed by atoms with Gasteiger partial charge in [-0.05, 0) is 34.7 Å². The van der Waals surface area contributed by atoms with Crippen LogP contribution in [0.15, 0.2) is 39.4 Å². The highest BCUT2D eigenvalue weighted by molar-refractivity contribution is 7.08. The number of hydrogen-bond acceptors (Lipinski definition) is 7. The van der Waals surface area contributed by atoms with Crippen molar-refractivity contribution in [2.24, 2.45) is 0 Å². The van der Waals surface area contributed by atoms with E-state index in [4.69, 9.17) is 9.15 Å². The number of hydrogen-bond donors (Lipinski definition) is 2. The van der Waals surface area contributed by atoms with Crippen molar-refractivity contribution in [3.8, 4) is 17.2 Å². The highest BCUT2D eigenvalue weighted by atomic mass is 32.1. The number of carboxylic acid groups (broad SMARTS) is 1. The molecule has 0 fully saturated rings. The third kappa shape index (κ3) is 3.89. The summed E-state index contributed by atoms with van der Waals surface area (Å²) in [5.41, 5.74) is 2.30. The number of rotatable bonds is 7. The summed E-state index contributed by atoms with van der Waals surface area (Å²) >= 11 is 1.52. The maximum Gasteiger partial charge on any atom is 0.330 e. The van der Waals surface area contributed by atoms with Crippen LogP contribution in [0.2, 0.25) is 0 Å². The highest BCUT2D eigenvalue weighted by Gasteiger charge is 2.24. The van der Waals surface area contributed by atoms with E-state index in [0.717, 1.165) is 23.3 Å². The van der Waals surface area contributed by atoms with Gasteiger partial charge in [0.2, 0.25) is 17.7 Å². The lowest BCUT2D eigenvalue weighted by atomic mass is 10.0. The Hall–Kier alpha value is -3.20. The Kier molecular flexibility index (Phi) is 5.07. The molecule has 1 atom stereocenters. The lowest BCUT2D eigenvalue weighted by molar-refractivity contribution is -0.142. The van der Waals surface area contributed by atoms with Crippen molar-refractivity contribution < 1.29 is 23.8 Å². The zero-order valence-electron chi connectivity index (χ0n) is 14.8. The van der Waals surface area contributed by atoms with Gasteiger partial charge in [-0.15, -0.1) is 10.2 Å². The lowest BCUT2D eigenvalue weighted by Gasteiger charge is -2.15. The van der Waals surface area contributed by atoms with Gasteiger partial charge in [0.25, 0.3) is 0 Å². The van der Waals surface area contributed by atoms with Crippen LogP contribution < -0.4 is 10.1 Å². The first kappa shape index (κ1) is 18.2. The maximum atomic E-state index is 12.3. The van der Waals surface area contributed by atoms with Crippen LogP contribution in [0.1, 0.15) is 29.5 Å². The maximum absolute atomic E-state index is 12.3. The lowest BCUT2D eigenvalue weighted by Crippen LogP contribution is -2.33. The molecule has 3 aromatic rings. The molecule has 144 valence electrons. The Bertz CT molecular complexity index is 999. The average molecular weight is 399 g/mol. The molecular formula is C19H17N3O5S. The van der Waals surface area contributed by atoms with Gasteiger partial charge in [-0.2, -0.15) is 11.3 Å². The third-order valence-electron chi connectivity index (χ3n) is 4.40. The summed E-state index contributed by atoms with van der Waals surface area (Å²) in [4.78, 5) is 23.9. The minimum atomic E-state index is -1.12. The Labute approximate surface area is 164 Å². The number of carbonyl (C=O) groups is 2. The van der Waals surface area contributed by atoms with E-state index in [1.54, 1.807) is 18.2 Å². The molecule has 0 spiro atoms. The van der Waals surface area contributed by atoms with Gasteiger partial charge in [0.15, 0.2) is 6.04 Å². The molecule has 28 heavy (non-hydrogen) atoms. The van der Waals surface area contributed by atoms with E-state index in [9.17, 15) is 14.7 Å². The number of benzene rings is 1. The number of fused-ring (bicyclic) bond motifs is 1. The standard InChI is InChI=1S/C19H17N3O5S/c23-15(3-4-16-21-22-18(27-16)13-6-8-28-10-13)20-17(19(24)25)12-1-2-14-11(9-12)5-7-26-14/h1-2,6,8-10,17H,3-5,7H2,(H,20,23)(H,24,25). The summed E-state index contributed by atoms with van der Waals surface area (Å²) in [6, 6.07) is 5.92. The fraction of sp³-hybridized carbons (Fsp3) is 0.263. The molecule has 1 amide bonds. The van der Waals surface area contributed by atoms with Gasteiger partial charge in [0.1, 0.15) is 5.75 Å². The molecule has 0 bridgehead atoms. The van der Waals surface area contributed by atoms with Gasteiger partial charge >= 0.3 is 5.97 Å². The molecule has 4 rings (SSSR count). The van der Waals surface area contributed by atoms with Gasteiger partial charge in [-0.1, -0.05) is 6.07 Å². The van der Waals surface area contributed by atoms with Crippen LogP contribution in [-0.2, 0) is 22.4 Å². The van der Waals surface area contributed by atoms with Crippen LogP contribution in [0.4, 0.5) is 0 Å². The molecule has 2 aromatic heterocycles. The zero-order chi connectivity index (χ0) is 19.5. The topological polar surface area (TPSA) is 115 Å². The zero-order valence-corrected chi connectivity index (χ0v) is 15.6. The number of carboxylic acids is 1. The molecule has 1 aromatic carbocycles. The van der Waals surface area contributed by atoms with Gasteiger partial charge in [0, 0.05) is 30.2 Å². The van der Waals surface area contributed by atoms with E-state index in [2.05, 4.69) is 15.5 Å². The van der Waals surface area contributed by atoms with Crippen molar-refractivity contribution in [1.82, 2.24) is 15.5 Å². The second-order valence-corrected chi connectivity index (χ2v) is 7.10. The normalized spacial score (nSPS) is 13.6. The number of amides is 1.